The summed E-state index contributed by atoms with van der Waals surface area (Å²) in [5.41, 5.74) is 2.57. The first kappa shape index (κ1) is 19.4. The van der Waals surface area contributed by atoms with Crippen LogP contribution in [0.3, 0.4) is 0 Å². The molecule has 0 aliphatic rings. The minimum atomic E-state index is -2.50. The molecule has 0 radical (unpaired) electrons. The minimum Gasteiger partial charge on any atom is -0.348 e. The number of amides is 1. The predicted molar refractivity (Wildman–Crippen MR) is 107 cm³/mol. The van der Waals surface area contributed by atoms with Crippen molar-refractivity contribution in [2.75, 3.05) is 17.2 Å². The zero-order chi connectivity index (χ0) is 21.3. The molecule has 30 heavy (non-hydrogen) atoms. The molecule has 0 unspecified atom stereocenters. The fourth-order valence-electron chi connectivity index (χ4n) is 3.03. The van der Waals surface area contributed by atoms with Gasteiger partial charge in [0.05, 0.1) is 35.2 Å². The molecule has 154 valence electrons. The molecule has 4 heterocycles. The first-order valence-electron chi connectivity index (χ1n) is 9.01. The molecule has 4 rings (SSSR count). The number of pyridine rings is 1. The molecule has 0 aliphatic carbocycles. The van der Waals surface area contributed by atoms with E-state index in [0.717, 1.165) is 16.6 Å². The van der Waals surface area contributed by atoms with Gasteiger partial charge in [0, 0.05) is 44.1 Å². The van der Waals surface area contributed by atoms with Crippen molar-refractivity contribution in [1.82, 2.24) is 29.3 Å². The van der Waals surface area contributed by atoms with E-state index in [1.165, 1.54) is 12.4 Å². The lowest BCUT2D eigenvalue weighted by atomic mass is 10.2. The van der Waals surface area contributed by atoms with E-state index in [1.54, 1.807) is 36.3 Å². The largest absolute Gasteiger partial charge is 0.348 e. The highest BCUT2D eigenvalue weighted by molar-refractivity contribution is 6.04. The van der Waals surface area contributed by atoms with Crippen LogP contribution >= 0.6 is 0 Å². The predicted octanol–water partition coefficient (Wildman–Crippen LogP) is 2.69. The fourth-order valence-corrected chi connectivity index (χ4v) is 3.03. The van der Waals surface area contributed by atoms with Crippen molar-refractivity contribution < 1.29 is 13.6 Å². The number of aryl methyl sites for hydroxylation is 2. The van der Waals surface area contributed by atoms with Crippen molar-refractivity contribution in [3.63, 3.8) is 0 Å². The number of hydrogen-bond donors (Lipinski definition) is 2. The van der Waals surface area contributed by atoms with Crippen LogP contribution in [0.15, 0.2) is 43.0 Å². The second-order valence-corrected chi connectivity index (χ2v) is 6.61. The number of carbonyl (C=O) groups excluding carboxylic acids is 1. The van der Waals surface area contributed by atoms with Crippen LogP contribution in [-0.4, -0.2) is 48.2 Å². The second kappa shape index (κ2) is 7.85. The molecule has 9 nitrogen and oxygen atoms in total. The van der Waals surface area contributed by atoms with Crippen LogP contribution in [-0.2, 0) is 14.1 Å². The van der Waals surface area contributed by atoms with Gasteiger partial charge in [0.15, 0.2) is 0 Å². The molecule has 0 saturated heterocycles. The third-order valence-electron chi connectivity index (χ3n) is 4.47. The molecule has 4 aromatic heterocycles. The number of alkyl halides is 2. The van der Waals surface area contributed by atoms with Crippen molar-refractivity contribution in [2.45, 2.75) is 6.43 Å². The normalized spacial score (nSPS) is 11.2. The van der Waals surface area contributed by atoms with E-state index in [0.29, 0.717) is 17.1 Å². The molecule has 0 saturated carbocycles. The van der Waals surface area contributed by atoms with Crippen molar-refractivity contribution in [1.29, 1.82) is 0 Å². The lowest BCUT2D eigenvalue weighted by Gasteiger charge is -2.07. The summed E-state index contributed by atoms with van der Waals surface area (Å²) in [6.07, 6.45) is 3.74. The third kappa shape index (κ3) is 3.95. The lowest BCUT2D eigenvalue weighted by Crippen LogP contribution is -2.12. The summed E-state index contributed by atoms with van der Waals surface area (Å²) in [5.74, 6) is 0.210. The number of fused-ring (bicyclic) bond motifs is 1. The van der Waals surface area contributed by atoms with E-state index in [4.69, 9.17) is 0 Å². The van der Waals surface area contributed by atoms with Gasteiger partial charge in [-0.2, -0.15) is 5.10 Å². The zero-order valence-corrected chi connectivity index (χ0v) is 16.2. The van der Waals surface area contributed by atoms with E-state index < -0.39 is 13.0 Å². The molecule has 11 heteroatoms. The van der Waals surface area contributed by atoms with Gasteiger partial charge < -0.3 is 15.2 Å². The summed E-state index contributed by atoms with van der Waals surface area (Å²) in [4.78, 5) is 24.9. The van der Waals surface area contributed by atoms with Gasteiger partial charge in [-0.15, -0.1) is 0 Å². The number of carbonyl (C=O) groups is 1. The van der Waals surface area contributed by atoms with E-state index in [1.807, 2.05) is 17.7 Å². The maximum absolute atomic E-state index is 12.4. The van der Waals surface area contributed by atoms with E-state index in [-0.39, 0.29) is 11.9 Å². The summed E-state index contributed by atoms with van der Waals surface area (Å²) in [6, 6.07) is 5.33. The van der Waals surface area contributed by atoms with Crippen LogP contribution in [0.25, 0.3) is 22.3 Å². The van der Waals surface area contributed by atoms with Gasteiger partial charge in [0.25, 0.3) is 12.3 Å². The standard InChI is InChI=1S/C19H18F2N8O/c1-28-10-12(8-25-28)18(30)27-17-6-14-11(7-23-17)5-15(29(14)2)13-3-4-22-19(26-13)24-9-16(20)21/h3-8,10,16H,9H2,1-2H3,(H,22,24,26)(H,23,27,30). The Balaban J connectivity index is 1.61. The topological polar surface area (TPSA) is 103 Å². The number of halogens is 2. The Hall–Kier alpha value is -3.89. The molecule has 0 aliphatic heterocycles. The fraction of sp³-hybridized carbons (Fsp3) is 0.211. The number of nitrogens with zero attached hydrogens (tertiary/aromatic N) is 6. The Morgan fingerprint density at radius 1 is 1.20 bits per heavy atom. The summed E-state index contributed by atoms with van der Waals surface area (Å²) in [7, 11) is 3.58. The smallest absolute Gasteiger partial charge is 0.260 e. The van der Waals surface area contributed by atoms with E-state index in [2.05, 4.69) is 30.7 Å². The van der Waals surface area contributed by atoms with Crippen molar-refractivity contribution in [2.24, 2.45) is 14.1 Å². The Labute approximate surface area is 169 Å². The summed E-state index contributed by atoms with van der Waals surface area (Å²) in [6.45, 7) is -0.525. The SMILES string of the molecule is Cn1cc(C(=O)Nc2cc3c(cn2)cc(-c2ccnc(NCC(F)F)n2)n3C)cn1. The maximum atomic E-state index is 12.4. The summed E-state index contributed by atoms with van der Waals surface area (Å²) < 4.78 is 28.3. The van der Waals surface area contributed by atoms with Gasteiger partial charge in [-0.1, -0.05) is 0 Å². The molecule has 0 aromatic carbocycles. The Kier molecular flexibility index (Phi) is 5.09. The average molecular weight is 412 g/mol. The van der Waals surface area contributed by atoms with Crippen LogP contribution < -0.4 is 10.6 Å². The molecule has 4 aromatic rings. The summed E-state index contributed by atoms with van der Waals surface area (Å²) >= 11 is 0. The van der Waals surface area contributed by atoms with Gasteiger partial charge in [0.1, 0.15) is 5.82 Å². The number of aromatic nitrogens is 6. The van der Waals surface area contributed by atoms with E-state index in [9.17, 15) is 13.6 Å². The Morgan fingerprint density at radius 3 is 2.77 bits per heavy atom. The Bertz CT molecular complexity index is 1220. The third-order valence-corrected chi connectivity index (χ3v) is 4.47. The average Bonchev–Trinajstić information content (AvgIpc) is 3.30. The van der Waals surface area contributed by atoms with Crippen molar-refractivity contribution >= 4 is 28.6 Å². The van der Waals surface area contributed by atoms with Gasteiger partial charge in [-0.25, -0.2) is 23.7 Å². The highest BCUT2D eigenvalue weighted by Crippen LogP contribution is 2.27. The molecule has 0 bridgehead atoms. The zero-order valence-electron chi connectivity index (χ0n) is 16.2. The summed E-state index contributed by atoms with van der Waals surface area (Å²) in [5, 5.41) is 10.1. The van der Waals surface area contributed by atoms with Crippen LogP contribution in [0.2, 0.25) is 0 Å². The molecular formula is C19H18F2N8O. The number of anilines is 2. The first-order valence-corrected chi connectivity index (χ1v) is 9.01. The van der Waals surface area contributed by atoms with Crippen LogP contribution in [0, 0.1) is 0 Å². The number of hydrogen-bond acceptors (Lipinski definition) is 6. The first-order chi connectivity index (χ1) is 14.4. The molecule has 0 atom stereocenters. The molecule has 1 amide bonds. The number of rotatable bonds is 6. The van der Waals surface area contributed by atoms with Crippen LogP contribution in [0.1, 0.15) is 10.4 Å². The van der Waals surface area contributed by atoms with E-state index >= 15 is 0 Å². The minimum absolute atomic E-state index is 0.126. The highest BCUT2D eigenvalue weighted by Gasteiger charge is 2.14. The molecule has 0 spiro atoms. The quantitative estimate of drug-likeness (QED) is 0.505. The number of nitrogens with one attached hydrogen (secondary N) is 2. The van der Waals surface area contributed by atoms with Gasteiger partial charge in [-0.3, -0.25) is 9.48 Å². The van der Waals surface area contributed by atoms with Crippen molar-refractivity contribution in [3.8, 4) is 11.4 Å². The Morgan fingerprint density at radius 2 is 2.03 bits per heavy atom. The van der Waals surface area contributed by atoms with Gasteiger partial charge in [-0.05, 0) is 12.1 Å². The maximum Gasteiger partial charge on any atom is 0.260 e. The second-order valence-electron chi connectivity index (χ2n) is 6.61. The monoisotopic (exact) mass is 412 g/mol. The van der Waals surface area contributed by atoms with Gasteiger partial charge >= 0.3 is 0 Å². The highest BCUT2D eigenvalue weighted by atomic mass is 19.3. The van der Waals surface area contributed by atoms with Crippen LogP contribution in [0.5, 0.6) is 0 Å². The van der Waals surface area contributed by atoms with Gasteiger partial charge in [0.2, 0.25) is 5.95 Å². The molecular weight excluding hydrogens is 394 g/mol. The van der Waals surface area contributed by atoms with Crippen molar-refractivity contribution in [3.05, 3.63) is 48.5 Å². The van der Waals surface area contributed by atoms with Crippen LogP contribution in [0.4, 0.5) is 20.5 Å². The molecule has 2 N–H and O–H groups in total. The molecule has 0 fully saturated rings. The lowest BCUT2D eigenvalue weighted by molar-refractivity contribution is 0.102.